The average Bonchev–Trinajstić information content (AvgIpc) is 2.56. The van der Waals surface area contributed by atoms with E-state index in [2.05, 4.69) is 15.2 Å². The van der Waals surface area contributed by atoms with Crippen LogP contribution in [0.25, 0.3) is 10.9 Å². The van der Waals surface area contributed by atoms with Crippen molar-refractivity contribution in [3.8, 4) is 5.75 Å². The standard InChI is InChI=1S/C15H9ClN4O4/c16-8-1-6-12-11(7-8)14(21)13(15(22)17-12)19-18-9-2-4-10(5-3-9)20(23)24/h1-7H,(H2,17,21,22). The maximum atomic E-state index is 12.0. The van der Waals surface area contributed by atoms with Crippen LogP contribution >= 0.6 is 11.6 Å². The van der Waals surface area contributed by atoms with Crippen molar-refractivity contribution in [1.29, 1.82) is 0 Å². The number of aromatic nitrogens is 1. The molecule has 0 saturated carbocycles. The highest BCUT2D eigenvalue weighted by Crippen LogP contribution is 2.32. The van der Waals surface area contributed by atoms with E-state index in [1.165, 1.54) is 30.3 Å². The lowest BCUT2D eigenvalue weighted by atomic mass is 10.2. The van der Waals surface area contributed by atoms with Gasteiger partial charge in [0.2, 0.25) is 0 Å². The molecular weight excluding hydrogens is 336 g/mol. The second kappa shape index (κ2) is 6.09. The lowest BCUT2D eigenvalue weighted by Crippen LogP contribution is -2.05. The fourth-order valence-electron chi connectivity index (χ4n) is 2.08. The molecule has 8 nitrogen and oxygen atoms in total. The predicted octanol–water partition coefficient (Wildman–Crippen LogP) is 4.21. The third-order valence-electron chi connectivity index (χ3n) is 3.25. The summed E-state index contributed by atoms with van der Waals surface area (Å²) in [6, 6.07) is 9.92. The van der Waals surface area contributed by atoms with Crippen molar-refractivity contribution >= 4 is 39.6 Å². The first-order valence-electron chi connectivity index (χ1n) is 6.66. The highest BCUT2D eigenvalue weighted by atomic mass is 35.5. The van der Waals surface area contributed by atoms with E-state index < -0.39 is 10.5 Å². The summed E-state index contributed by atoms with van der Waals surface area (Å²) in [5.41, 5.74) is -0.270. The average molecular weight is 345 g/mol. The Morgan fingerprint density at radius 3 is 2.50 bits per heavy atom. The van der Waals surface area contributed by atoms with Crippen molar-refractivity contribution in [1.82, 2.24) is 4.98 Å². The maximum Gasteiger partial charge on any atom is 0.280 e. The molecule has 1 heterocycles. The van der Waals surface area contributed by atoms with Gasteiger partial charge >= 0.3 is 0 Å². The van der Waals surface area contributed by atoms with Gasteiger partial charge in [-0.15, -0.1) is 5.11 Å². The molecule has 0 amide bonds. The Morgan fingerprint density at radius 1 is 1.12 bits per heavy atom. The van der Waals surface area contributed by atoms with E-state index in [0.717, 1.165) is 0 Å². The van der Waals surface area contributed by atoms with Crippen molar-refractivity contribution in [3.05, 3.63) is 68.0 Å². The van der Waals surface area contributed by atoms with Crippen LogP contribution in [0.3, 0.4) is 0 Å². The van der Waals surface area contributed by atoms with Gasteiger partial charge in [0.15, 0.2) is 11.4 Å². The molecule has 2 aromatic carbocycles. The normalized spacial score (nSPS) is 11.2. The number of aromatic hydroxyl groups is 1. The van der Waals surface area contributed by atoms with Crippen molar-refractivity contribution in [2.24, 2.45) is 10.2 Å². The zero-order valence-electron chi connectivity index (χ0n) is 11.9. The third kappa shape index (κ3) is 2.95. The Hall–Kier alpha value is -3.26. The Morgan fingerprint density at radius 2 is 1.83 bits per heavy atom. The number of pyridine rings is 1. The molecule has 0 radical (unpaired) electrons. The van der Waals surface area contributed by atoms with Crippen LogP contribution in [0.1, 0.15) is 0 Å². The number of hydrogen-bond donors (Lipinski definition) is 2. The molecule has 0 fully saturated rings. The zero-order chi connectivity index (χ0) is 17.3. The summed E-state index contributed by atoms with van der Waals surface area (Å²) in [5, 5.41) is 29.1. The predicted molar refractivity (Wildman–Crippen MR) is 88.5 cm³/mol. The minimum atomic E-state index is -0.618. The summed E-state index contributed by atoms with van der Waals surface area (Å²) < 4.78 is 0. The largest absolute Gasteiger partial charge is 0.505 e. The van der Waals surface area contributed by atoms with Crippen LogP contribution in [0, 0.1) is 10.1 Å². The van der Waals surface area contributed by atoms with Gasteiger partial charge in [-0.05, 0) is 30.3 Å². The van der Waals surface area contributed by atoms with Gasteiger partial charge in [0.1, 0.15) is 0 Å². The van der Waals surface area contributed by atoms with Gasteiger partial charge in [0.25, 0.3) is 11.2 Å². The van der Waals surface area contributed by atoms with Crippen molar-refractivity contribution in [2.45, 2.75) is 0 Å². The van der Waals surface area contributed by atoms with Crippen LogP contribution in [0.4, 0.5) is 17.1 Å². The summed E-state index contributed by atoms with van der Waals surface area (Å²) in [6.07, 6.45) is 0. The molecule has 3 aromatic rings. The third-order valence-corrected chi connectivity index (χ3v) is 3.49. The van der Waals surface area contributed by atoms with Gasteiger partial charge in [0, 0.05) is 22.5 Å². The molecule has 0 aliphatic carbocycles. The zero-order valence-corrected chi connectivity index (χ0v) is 12.7. The molecular formula is C15H9ClN4O4. The highest BCUT2D eigenvalue weighted by Gasteiger charge is 2.12. The number of hydrogen-bond acceptors (Lipinski definition) is 6. The van der Waals surface area contributed by atoms with Crippen LogP contribution < -0.4 is 5.56 Å². The van der Waals surface area contributed by atoms with Gasteiger partial charge < -0.3 is 10.1 Å². The van der Waals surface area contributed by atoms with E-state index in [1.54, 1.807) is 12.1 Å². The van der Waals surface area contributed by atoms with Gasteiger partial charge in [-0.25, -0.2) is 0 Å². The summed E-state index contributed by atoms with van der Waals surface area (Å²) in [4.78, 5) is 24.6. The van der Waals surface area contributed by atoms with Crippen molar-refractivity contribution in [3.63, 3.8) is 0 Å². The van der Waals surface area contributed by atoms with Gasteiger partial charge in [-0.1, -0.05) is 11.6 Å². The van der Waals surface area contributed by atoms with Crippen LogP contribution in [-0.2, 0) is 0 Å². The Kier molecular flexibility index (Phi) is 3.97. The molecule has 9 heteroatoms. The van der Waals surface area contributed by atoms with Gasteiger partial charge in [-0.3, -0.25) is 14.9 Å². The first-order chi connectivity index (χ1) is 11.5. The number of H-pyrrole nitrogens is 1. The molecule has 1 aromatic heterocycles. The number of azo groups is 1. The number of non-ortho nitro benzene ring substituents is 1. The summed E-state index contributed by atoms with van der Waals surface area (Å²) in [6.45, 7) is 0. The quantitative estimate of drug-likeness (QED) is 0.420. The van der Waals surface area contributed by atoms with Crippen LogP contribution in [0.2, 0.25) is 5.02 Å². The fraction of sp³-hybridized carbons (Fsp3) is 0. The number of nitrogens with zero attached hydrogens (tertiary/aromatic N) is 3. The number of benzene rings is 2. The topological polar surface area (TPSA) is 121 Å². The summed E-state index contributed by atoms with van der Waals surface area (Å²) in [7, 11) is 0. The number of halogens is 1. The van der Waals surface area contributed by atoms with E-state index in [-0.39, 0.29) is 17.1 Å². The number of rotatable bonds is 3. The Bertz CT molecular complexity index is 1030. The van der Waals surface area contributed by atoms with Gasteiger partial charge in [-0.2, -0.15) is 5.11 Å². The van der Waals surface area contributed by atoms with E-state index in [1.807, 2.05) is 0 Å². The minimum Gasteiger partial charge on any atom is -0.505 e. The van der Waals surface area contributed by atoms with Gasteiger partial charge in [0.05, 0.1) is 16.1 Å². The Balaban J connectivity index is 2.03. The number of nitro benzene ring substituents is 1. The second-order valence-electron chi connectivity index (χ2n) is 4.81. The van der Waals surface area contributed by atoms with E-state index in [4.69, 9.17) is 11.6 Å². The molecule has 0 atom stereocenters. The molecule has 2 N–H and O–H groups in total. The highest BCUT2D eigenvalue weighted by molar-refractivity contribution is 6.31. The first kappa shape index (κ1) is 15.6. The van der Waals surface area contributed by atoms with Crippen LogP contribution in [0.15, 0.2) is 57.5 Å². The Labute approximate surface area is 139 Å². The lowest BCUT2D eigenvalue weighted by Gasteiger charge is -2.03. The second-order valence-corrected chi connectivity index (χ2v) is 5.25. The van der Waals surface area contributed by atoms with Crippen LogP contribution in [-0.4, -0.2) is 15.0 Å². The molecule has 0 bridgehead atoms. The fourth-order valence-corrected chi connectivity index (χ4v) is 2.25. The maximum absolute atomic E-state index is 12.0. The first-order valence-corrected chi connectivity index (χ1v) is 7.04. The molecule has 3 rings (SSSR count). The molecule has 0 aliphatic rings. The molecule has 120 valence electrons. The summed E-state index contributed by atoms with van der Waals surface area (Å²) in [5.74, 6) is -0.345. The molecule has 0 unspecified atom stereocenters. The van der Waals surface area contributed by atoms with Crippen LogP contribution in [0.5, 0.6) is 5.75 Å². The molecule has 0 saturated heterocycles. The SMILES string of the molecule is O=c1[nH]c2ccc(Cl)cc2c(O)c1N=Nc1ccc([N+](=O)[O-])cc1. The smallest absolute Gasteiger partial charge is 0.280 e. The number of aromatic amines is 1. The molecule has 0 aliphatic heterocycles. The van der Waals surface area contributed by atoms with E-state index in [9.17, 15) is 20.0 Å². The molecule has 0 spiro atoms. The number of fused-ring (bicyclic) bond motifs is 1. The van der Waals surface area contributed by atoms with Crippen molar-refractivity contribution in [2.75, 3.05) is 0 Å². The monoisotopic (exact) mass is 344 g/mol. The van der Waals surface area contributed by atoms with E-state index >= 15 is 0 Å². The van der Waals surface area contributed by atoms with Crippen molar-refractivity contribution < 1.29 is 10.0 Å². The van der Waals surface area contributed by atoms with E-state index in [0.29, 0.717) is 21.6 Å². The lowest BCUT2D eigenvalue weighted by molar-refractivity contribution is -0.384. The molecule has 24 heavy (non-hydrogen) atoms. The minimum absolute atomic E-state index is 0.0880. The number of nitro groups is 1. The summed E-state index contributed by atoms with van der Waals surface area (Å²) >= 11 is 5.88. The number of nitrogens with one attached hydrogen (secondary N) is 1.